The quantitative estimate of drug-likeness (QED) is 0.570. The Labute approximate surface area is 122 Å². The van der Waals surface area contributed by atoms with Gasteiger partial charge >= 0.3 is 0 Å². The van der Waals surface area contributed by atoms with Gasteiger partial charge in [0.1, 0.15) is 0 Å². The molecule has 0 bridgehead atoms. The Hall–Kier alpha value is -2.50. The van der Waals surface area contributed by atoms with E-state index in [9.17, 15) is 9.81 Å². The molecule has 0 aliphatic rings. The van der Waals surface area contributed by atoms with Gasteiger partial charge in [0.2, 0.25) is 0 Å². The molecule has 1 atom stereocenters. The summed E-state index contributed by atoms with van der Waals surface area (Å²) in [5.74, 6) is 0. The van der Waals surface area contributed by atoms with Gasteiger partial charge < -0.3 is 4.84 Å². The fraction of sp³-hybridized carbons (Fsp3) is 0.333. The van der Waals surface area contributed by atoms with Crippen LogP contribution in [-0.4, -0.2) is 17.6 Å². The highest BCUT2D eigenvalue weighted by molar-refractivity contribution is 5.83. The summed E-state index contributed by atoms with van der Waals surface area (Å²) >= 11 is 0. The van der Waals surface area contributed by atoms with Crippen LogP contribution >= 0.6 is 0 Å². The lowest BCUT2D eigenvalue weighted by Gasteiger charge is -2.23. The second kappa shape index (κ2) is 6.78. The SMILES string of the molecule is CC(C)N(CC(ON=O)c1ccc2ccccc2c1)N=O. The number of rotatable bonds is 7. The van der Waals surface area contributed by atoms with E-state index < -0.39 is 6.10 Å². The van der Waals surface area contributed by atoms with E-state index in [1.807, 2.05) is 56.3 Å². The lowest BCUT2D eigenvalue weighted by molar-refractivity contribution is 0.0185. The average Bonchev–Trinajstić information content (AvgIpc) is 2.50. The second-order valence-electron chi connectivity index (χ2n) is 5.07. The minimum atomic E-state index is -0.632. The summed E-state index contributed by atoms with van der Waals surface area (Å²) < 4.78 is 0. The lowest BCUT2D eigenvalue weighted by atomic mass is 10.0. The van der Waals surface area contributed by atoms with Gasteiger partial charge in [-0.3, -0.25) is 5.01 Å². The number of fused-ring (bicyclic) bond motifs is 1. The van der Waals surface area contributed by atoms with Crippen molar-refractivity contribution in [2.45, 2.75) is 26.0 Å². The highest BCUT2D eigenvalue weighted by Gasteiger charge is 2.20. The predicted octanol–water partition coefficient (Wildman–Crippen LogP) is 3.97. The smallest absolute Gasteiger partial charge is 0.175 e. The Kier molecular flexibility index (Phi) is 4.81. The van der Waals surface area contributed by atoms with Crippen molar-refractivity contribution >= 4 is 10.8 Å². The molecule has 0 saturated heterocycles. The van der Waals surface area contributed by atoms with Crippen LogP contribution in [0.15, 0.2) is 53.1 Å². The maximum absolute atomic E-state index is 10.8. The second-order valence-corrected chi connectivity index (χ2v) is 5.07. The molecule has 2 aromatic rings. The van der Waals surface area contributed by atoms with Crippen LogP contribution in [0.2, 0.25) is 0 Å². The van der Waals surface area contributed by atoms with E-state index in [4.69, 9.17) is 4.84 Å². The van der Waals surface area contributed by atoms with Gasteiger partial charge in [0.25, 0.3) is 0 Å². The van der Waals surface area contributed by atoms with Gasteiger partial charge in [-0.25, -0.2) is 0 Å². The van der Waals surface area contributed by atoms with E-state index in [0.29, 0.717) is 0 Å². The van der Waals surface area contributed by atoms with Crippen molar-refractivity contribution in [3.8, 4) is 0 Å². The van der Waals surface area contributed by atoms with E-state index in [0.717, 1.165) is 16.3 Å². The highest BCUT2D eigenvalue weighted by Crippen LogP contribution is 2.24. The molecular formula is C15H17N3O3. The molecule has 0 heterocycles. The molecule has 0 aromatic heterocycles. The van der Waals surface area contributed by atoms with Gasteiger partial charge in [-0.2, -0.15) is 0 Å². The summed E-state index contributed by atoms with van der Waals surface area (Å²) in [6.45, 7) is 3.85. The topological polar surface area (TPSA) is 71.3 Å². The third-order valence-corrected chi connectivity index (χ3v) is 3.37. The first-order valence-corrected chi connectivity index (χ1v) is 6.72. The van der Waals surface area contributed by atoms with Gasteiger partial charge in [0.15, 0.2) is 11.4 Å². The third kappa shape index (κ3) is 3.53. The Morgan fingerprint density at radius 1 is 1.10 bits per heavy atom. The Balaban J connectivity index is 2.30. The molecule has 0 amide bonds. The van der Waals surface area contributed by atoms with Crippen LogP contribution in [0.25, 0.3) is 10.8 Å². The first-order chi connectivity index (χ1) is 10.2. The zero-order valence-electron chi connectivity index (χ0n) is 12.0. The van der Waals surface area contributed by atoms with Gasteiger partial charge in [0.05, 0.1) is 11.8 Å². The molecule has 0 aliphatic heterocycles. The molecular weight excluding hydrogens is 270 g/mol. The van der Waals surface area contributed by atoms with Gasteiger partial charge in [0, 0.05) is 6.04 Å². The van der Waals surface area contributed by atoms with Crippen LogP contribution in [-0.2, 0) is 4.84 Å². The number of nitrogens with zero attached hydrogens (tertiary/aromatic N) is 3. The van der Waals surface area contributed by atoms with Crippen molar-refractivity contribution in [3.05, 3.63) is 57.8 Å². The molecule has 0 radical (unpaired) electrons. The Morgan fingerprint density at radius 3 is 2.43 bits per heavy atom. The summed E-state index contributed by atoms with van der Waals surface area (Å²) in [6.07, 6.45) is -0.632. The molecule has 6 nitrogen and oxygen atoms in total. The van der Waals surface area contributed by atoms with Crippen LogP contribution in [0.5, 0.6) is 0 Å². The zero-order chi connectivity index (χ0) is 15.2. The first kappa shape index (κ1) is 14.9. The minimum absolute atomic E-state index is 0.0827. The molecule has 21 heavy (non-hydrogen) atoms. The molecule has 1 unspecified atom stereocenters. The van der Waals surface area contributed by atoms with Gasteiger partial charge in [-0.1, -0.05) is 36.4 Å². The normalized spacial score (nSPS) is 12.1. The van der Waals surface area contributed by atoms with E-state index in [2.05, 4.69) is 10.6 Å². The van der Waals surface area contributed by atoms with Gasteiger partial charge in [-0.15, -0.1) is 9.81 Å². The van der Waals surface area contributed by atoms with Crippen molar-refractivity contribution < 1.29 is 4.84 Å². The minimum Gasteiger partial charge on any atom is -0.354 e. The van der Waals surface area contributed by atoms with Crippen LogP contribution in [0.1, 0.15) is 25.5 Å². The van der Waals surface area contributed by atoms with E-state index in [-0.39, 0.29) is 12.6 Å². The molecule has 2 aromatic carbocycles. The Morgan fingerprint density at radius 2 is 1.81 bits per heavy atom. The average molecular weight is 287 g/mol. The molecule has 0 saturated carbocycles. The molecule has 0 spiro atoms. The third-order valence-electron chi connectivity index (χ3n) is 3.37. The van der Waals surface area contributed by atoms with Crippen LogP contribution in [0.3, 0.4) is 0 Å². The zero-order valence-corrected chi connectivity index (χ0v) is 12.0. The number of nitroso groups, excluding NO2 is 1. The predicted molar refractivity (Wildman–Crippen MR) is 81.2 cm³/mol. The lowest BCUT2D eigenvalue weighted by Crippen LogP contribution is -2.30. The van der Waals surface area contributed by atoms with Crippen molar-refractivity contribution in [2.24, 2.45) is 10.6 Å². The number of hydrogen-bond donors (Lipinski definition) is 0. The van der Waals surface area contributed by atoms with Crippen LogP contribution < -0.4 is 0 Å². The van der Waals surface area contributed by atoms with Crippen LogP contribution in [0.4, 0.5) is 0 Å². The molecule has 6 heteroatoms. The molecule has 0 N–H and O–H groups in total. The molecule has 0 fully saturated rings. The van der Waals surface area contributed by atoms with Crippen molar-refractivity contribution in [1.29, 1.82) is 0 Å². The maximum Gasteiger partial charge on any atom is 0.175 e. The number of hydrogen-bond acceptors (Lipinski definition) is 5. The monoisotopic (exact) mass is 287 g/mol. The maximum atomic E-state index is 10.8. The first-order valence-electron chi connectivity index (χ1n) is 6.72. The van der Waals surface area contributed by atoms with Crippen molar-refractivity contribution in [1.82, 2.24) is 5.01 Å². The van der Waals surface area contributed by atoms with E-state index in [1.54, 1.807) is 0 Å². The summed E-state index contributed by atoms with van der Waals surface area (Å²) in [5, 5.41) is 8.92. The largest absolute Gasteiger partial charge is 0.354 e. The number of benzene rings is 2. The fourth-order valence-corrected chi connectivity index (χ4v) is 2.17. The summed E-state index contributed by atoms with van der Waals surface area (Å²) in [7, 11) is 0. The Bertz CT molecular complexity index is 630. The van der Waals surface area contributed by atoms with Gasteiger partial charge in [-0.05, 0) is 36.2 Å². The van der Waals surface area contributed by atoms with Crippen molar-refractivity contribution in [3.63, 3.8) is 0 Å². The summed E-state index contributed by atoms with van der Waals surface area (Å²) in [5.41, 5.74) is 0.780. The van der Waals surface area contributed by atoms with Crippen molar-refractivity contribution in [2.75, 3.05) is 6.54 Å². The summed E-state index contributed by atoms with van der Waals surface area (Å²) in [4.78, 5) is 26.2. The fourth-order valence-electron chi connectivity index (χ4n) is 2.17. The molecule has 110 valence electrons. The summed E-state index contributed by atoms with van der Waals surface area (Å²) in [6, 6.07) is 13.5. The molecule has 0 aliphatic carbocycles. The van der Waals surface area contributed by atoms with Crippen LogP contribution in [0, 0.1) is 9.81 Å². The van der Waals surface area contributed by atoms with E-state index >= 15 is 0 Å². The standard InChI is InChI=1S/C15H17N3O3/c1-11(2)18(16-19)10-15(21-17-20)14-8-7-12-5-3-4-6-13(12)9-14/h3-9,11,15H,10H2,1-2H3. The van der Waals surface area contributed by atoms with E-state index in [1.165, 1.54) is 5.01 Å². The highest BCUT2D eigenvalue weighted by atomic mass is 16.7. The molecule has 2 rings (SSSR count).